The minimum atomic E-state index is -1.39. The number of hydrogen-bond acceptors (Lipinski definition) is 3. The van der Waals surface area contributed by atoms with E-state index >= 15 is 0 Å². The maximum Gasteiger partial charge on any atom is 0.155 e. The molecule has 0 aliphatic carbocycles. The molecule has 2 atom stereocenters. The minimum Gasteiger partial charge on any atom is -0.390 e. The number of hydrogen-bond donors (Lipinski definition) is 2. The molecule has 0 amide bonds. The first-order valence-corrected chi connectivity index (χ1v) is 5.99. The van der Waals surface area contributed by atoms with Gasteiger partial charge in [-0.05, 0) is 24.1 Å². The molecule has 0 aliphatic heterocycles. The SMILES string of the molecule is O=Cc1c(F)cc(C(O)C(O)CCBr)cc1F. The summed E-state index contributed by atoms with van der Waals surface area (Å²) in [5.41, 5.74) is -0.782. The van der Waals surface area contributed by atoms with Crippen LogP contribution in [0.1, 0.15) is 28.4 Å². The Hall–Kier alpha value is -0.850. The molecule has 0 radical (unpaired) electrons. The van der Waals surface area contributed by atoms with E-state index in [0.29, 0.717) is 5.33 Å². The summed E-state index contributed by atoms with van der Waals surface area (Å²) in [4.78, 5) is 10.4. The van der Waals surface area contributed by atoms with Gasteiger partial charge in [0.2, 0.25) is 0 Å². The van der Waals surface area contributed by atoms with Gasteiger partial charge in [-0.3, -0.25) is 4.79 Å². The van der Waals surface area contributed by atoms with E-state index in [1.807, 2.05) is 0 Å². The van der Waals surface area contributed by atoms with Crippen LogP contribution in [0.3, 0.4) is 0 Å². The highest BCUT2D eigenvalue weighted by Crippen LogP contribution is 2.23. The van der Waals surface area contributed by atoms with Crippen LogP contribution in [-0.4, -0.2) is 27.9 Å². The molecule has 0 saturated carbocycles. The zero-order valence-electron chi connectivity index (χ0n) is 8.74. The van der Waals surface area contributed by atoms with Crippen molar-refractivity contribution in [1.29, 1.82) is 0 Å². The molecule has 1 aromatic rings. The van der Waals surface area contributed by atoms with E-state index in [0.717, 1.165) is 12.1 Å². The molecule has 0 spiro atoms. The van der Waals surface area contributed by atoms with Gasteiger partial charge in [-0.15, -0.1) is 0 Å². The summed E-state index contributed by atoms with van der Waals surface area (Å²) in [6.45, 7) is 0. The van der Waals surface area contributed by atoms with Gasteiger partial charge in [-0.25, -0.2) is 8.78 Å². The lowest BCUT2D eigenvalue weighted by molar-refractivity contribution is 0.0170. The lowest BCUT2D eigenvalue weighted by Gasteiger charge is -2.17. The second kappa shape index (κ2) is 6.18. The van der Waals surface area contributed by atoms with Gasteiger partial charge in [0, 0.05) is 5.33 Å². The number of benzene rings is 1. The van der Waals surface area contributed by atoms with E-state index in [1.54, 1.807) is 0 Å². The number of alkyl halides is 1. The predicted molar refractivity (Wildman–Crippen MR) is 61.1 cm³/mol. The lowest BCUT2D eigenvalue weighted by Crippen LogP contribution is -2.19. The van der Waals surface area contributed by atoms with Crippen molar-refractivity contribution in [3.8, 4) is 0 Å². The van der Waals surface area contributed by atoms with Crippen molar-refractivity contribution >= 4 is 22.2 Å². The first-order chi connectivity index (χ1) is 8.01. The summed E-state index contributed by atoms with van der Waals surface area (Å²) >= 11 is 3.08. The highest BCUT2D eigenvalue weighted by Gasteiger charge is 2.21. The molecule has 0 aromatic heterocycles. The van der Waals surface area contributed by atoms with Gasteiger partial charge >= 0.3 is 0 Å². The summed E-state index contributed by atoms with van der Waals surface area (Å²) in [5, 5.41) is 19.6. The number of aldehydes is 1. The molecule has 0 aliphatic rings. The van der Waals surface area contributed by atoms with E-state index in [1.165, 1.54) is 0 Å². The number of rotatable bonds is 5. The highest BCUT2D eigenvalue weighted by molar-refractivity contribution is 9.09. The molecule has 1 aromatic carbocycles. The molecule has 17 heavy (non-hydrogen) atoms. The van der Waals surface area contributed by atoms with E-state index in [-0.39, 0.29) is 18.3 Å². The van der Waals surface area contributed by atoms with Gasteiger partial charge < -0.3 is 10.2 Å². The van der Waals surface area contributed by atoms with Crippen molar-refractivity contribution in [1.82, 2.24) is 0 Å². The molecule has 3 nitrogen and oxygen atoms in total. The van der Waals surface area contributed by atoms with Gasteiger partial charge in [0.15, 0.2) is 6.29 Å². The van der Waals surface area contributed by atoms with Gasteiger partial charge in [-0.1, -0.05) is 15.9 Å². The minimum absolute atomic E-state index is 0.0652. The highest BCUT2D eigenvalue weighted by atomic mass is 79.9. The zero-order chi connectivity index (χ0) is 13.0. The van der Waals surface area contributed by atoms with Crippen LogP contribution in [0.5, 0.6) is 0 Å². The fourth-order valence-electron chi connectivity index (χ4n) is 1.38. The fraction of sp³-hybridized carbons (Fsp3) is 0.364. The summed E-state index contributed by atoms with van der Waals surface area (Å²) in [6.07, 6.45) is -2.22. The van der Waals surface area contributed by atoms with E-state index < -0.39 is 29.4 Å². The lowest BCUT2D eigenvalue weighted by atomic mass is 10.0. The molecule has 6 heteroatoms. The number of aliphatic hydroxyl groups excluding tert-OH is 2. The van der Waals surface area contributed by atoms with E-state index in [9.17, 15) is 23.8 Å². The molecule has 0 fully saturated rings. The van der Waals surface area contributed by atoms with Crippen molar-refractivity contribution in [3.63, 3.8) is 0 Å². The summed E-state index contributed by atoms with van der Waals surface area (Å²) in [6, 6.07) is 1.68. The topological polar surface area (TPSA) is 57.5 Å². The summed E-state index contributed by atoms with van der Waals surface area (Å²) in [5.74, 6) is -2.11. The Balaban J connectivity index is 3.03. The quantitative estimate of drug-likeness (QED) is 0.646. The van der Waals surface area contributed by atoms with Gasteiger partial charge in [0.1, 0.15) is 17.7 Å². The monoisotopic (exact) mass is 308 g/mol. The van der Waals surface area contributed by atoms with Crippen LogP contribution in [0.4, 0.5) is 8.78 Å². The largest absolute Gasteiger partial charge is 0.390 e. The van der Waals surface area contributed by atoms with Crippen molar-refractivity contribution in [3.05, 3.63) is 34.9 Å². The summed E-state index contributed by atoms with van der Waals surface area (Å²) < 4.78 is 26.5. The molecular formula is C11H11BrF2O3. The fourth-order valence-corrected chi connectivity index (χ4v) is 1.85. The molecule has 2 unspecified atom stereocenters. The van der Waals surface area contributed by atoms with Crippen molar-refractivity contribution < 1.29 is 23.8 Å². The van der Waals surface area contributed by atoms with Crippen LogP contribution in [0.25, 0.3) is 0 Å². The Kier molecular flexibility index (Phi) is 5.17. The molecule has 94 valence electrons. The van der Waals surface area contributed by atoms with E-state index in [2.05, 4.69) is 15.9 Å². The number of carbonyl (C=O) groups is 1. The van der Waals surface area contributed by atoms with Crippen LogP contribution in [0, 0.1) is 11.6 Å². The van der Waals surface area contributed by atoms with Crippen molar-refractivity contribution in [2.75, 3.05) is 5.33 Å². The first kappa shape index (κ1) is 14.2. The average molecular weight is 309 g/mol. The standard InChI is InChI=1S/C11H11BrF2O3/c12-2-1-10(16)11(17)6-3-8(13)7(5-15)9(14)4-6/h3-5,10-11,16-17H,1-2H2. The summed E-state index contributed by atoms with van der Waals surface area (Å²) in [7, 11) is 0. The number of aliphatic hydroxyl groups is 2. The predicted octanol–water partition coefficient (Wildman–Crippen LogP) is 1.96. The van der Waals surface area contributed by atoms with E-state index in [4.69, 9.17) is 0 Å². The molecular weight excluding hydrogens is 298 g/mol. The third-order valence-electron chi connectivity index (χ3n) is 2.33. The van der Waals surface area contributed by atoms with Crippen LogP contribution in [0.2, 0.25) is 0 Å². The molecule has 0 heterocycles. The third kappa shape index (κ3) is 3.31. The third-order valence-corrected chi connectivity index (χ3v) is 2.79. The van der Waals surface area contributed by atoms with Gasteiger partial charge in [0.05, 0.1) is 11.7 Å². The molecule has 0 saturated heterocycles. The second-order valence-corrected chi connectivity index (χ2v) is 4.30. The number of carbonyl (C=O) groups excluding carboxylic acids is 1. The van der Waals surface area contributed by atoms with Crippen molar-refractivity contribution in [2.45, 2.75) is 18.6 Å². The maximum absolute atomic E-state index is 13.2. The molecule has 2 N–H and O–H groups in total. The van der Waals surface area contributed by atoms with Crippen molar-refractivity contribution in [2.24, 2.45) is 0 Å². The zero-order valence-corrected chi connectivity index (χ0v) is 10.3. The first-order valence-electron chi connectivity index (χ1n) is 4.87. The Morgan fingerprint density at radius 2 is 1.82 bits per heavy atom. The Morgan fingerprint density at radius 3 is 2.24 bits per heavy atom. The van der Waals surface area contributed by atoms with Crippen LogP contribution < -0.4 is 0 Å². The van der Waals surface area contributed by atoms with Crippen LogP contribution >= 0.6 is 15.9 Å². The van der Waals surface area contributed by atoms with Crippen LogP contribution in [-0.2, 0) is 0 Å². The average Bonchev–Trinajstić information content (AvgIpc) is 2.27. The van der Waals surface area contributed by atoms with Gasteiger partial charge in [0.25, 0.3) is 0 Å². The number of halogens is 3. The van der Waals surface area contributed by atoms with Crippen LogP contribution in [0.15, 0.2) is 12.1 Å². The Labute approximate surface area is 105 Å². The smallest absolute Gasteiger partial charge is 0.155 e. The maximum atomic E-state index is 13.2. The molecule has 1 rings (SSSR count). The molecule has 0 bridgehead atoms. The Morgan fingerprint density at radius 1 is 1.29 bits per heavy atom. The normalized spacial score (nSPS) is 14.4. The van der Waals surface area contributed by atoms with Gasteiger partial charge in [-0.2, -0.15) is 0 Å². The Bertz CT molecular complexity index is 389. The second-order valence-electron chi connectivity index (χ2n) is 3.51.